The van der Waals surface area contributed by atoms with E-state index in [0.717, 1.165) is 42.4 Å². The number of nitrogens with one attached hydrogen (secondary N) is 1. The molecule has 4 heteroatoms. The third-order valence-electron chi connectivity index (χ3n) is 4.92. The van der Waals surface area contributed by atoms with Crippen molar-refractivity contribution in [1.82, 2.24) is 9.88 Å². The molecule has 0 atom stereocenters. The van der Waals surface area contributed by atoms with Crippen LogP contribution in [0.25, 0.3) is 10.9 Å². The first-order chi connectivity index (χ1) is 10.4. The number of likely N-dealkylation sites (tertiary alicyclic amines) is 1. The van der Waals surface area contributed by atoms with E-state index in [9.17, 15) is 9.18 Å². The average Bonchev–Trinajstić information content (AvgIpc) is 2.91. The number of aromatic amines is 1. The van der Waals surface area contributed by atoms with Crippen molar-refractivity contribution in [1.29, 1.82) is 0 Å². The molecule has 1 aromatic heterocycles. The van der Waals surface area contributed by atoms with Crippen LogP contribution >= 0.6 is 0 Å². The highest BCUT2D eigenvalue weighted by Crippen LogP contribution is 2.33. The zero-order valence-electron chi connectivity index (χ0n) is 13.4. The summed E-state index contributed by atoms with van der Waals surface area (Å²) in [5, 5.41) is 0.795. The summed E-state index contributed by atoms with van der Waals surface area (Å²) in [6, 6.07) is 4.66. The van der Waals surface area contributed by atoms with Gasteiger partial charge in [-0.05, 0) is 56.4 Å². The number of halogens is 1. The molecule has 0 saturated carbocycles. The number of nitrogens with zero attached hydrogens (tertiary/aromatic N) is 1. The lowest BCUT2D eigenvalue weighted by atomic mass is 9.82. The molecule has 0 unspecified atom stereocenters. The first kappa shape index (κ1) is 15.1. The number of H-pyrrole nitrogens is 1. The third kappa shape index (κ3) is 2.51. The summed E-state index contributed by atoms with van der Waals surface area (Å²) in [5.74, 6) is 0.544. The summed E-state index contributed by atoms with van der Waals surface area (Å²) in [6.45, 7) is 7.73. The number of carbonyl (C=O) groups is 1. The van der Waals surface area contributed by atoms with E-state index in [1.54, 1.807) is 6.07 Å². The van der Waals surface area contributed by atoms with E-state index in [1.165, 1.54) is 12.1 Å². The third-order valence-corrected chi connectivity index (χ3v) is 4.92. The van der Waals surface area contributed by atoms with Crippen LogP contribution in [-0.4, -0.2) is 28.9 Å². The predicted molar refractivity (Wildman–Crippen MR) is 86.3 cm³/mol. The van der Waals surface area contributed by atoms with Gasteiger partial charge in [-0.15, -0.1) is 0 Å². The fourth-order valence-corrected chi connectivity index (χ4v) is 3.33. The van der Waals surface area contributed by atoms with Gasteiger partial charge in [-0.1, -0.05) is 6.92 Å². The van der Waals surface area contributed by atoms with Crippen LogP contribution in [0.3, 0.4) is 0 Å². The minimum Gasteiger partial charge on any atom is -0.361 e. The van der Waals surface area contributed by atoms with Crippen LogP contribution < -0.4 is 0 Å². The van der Waals surface area contributed by atoms with Crippen LogP contribution in [0.1, 0.15) is 39.2 Å². The molecule has 3 rings (SSSR count). The van der Waals surface area contributed by atoms with Crippen molar-refractivity contribution in [2.24, 2.45) is 5.92 Å². The second-order valence-electron chi connectivity index (χ2n) is 6.99. The number of amides is 1. The van der Waals surface area contributed by atoms with Gasteiger partial charge >= 0.3 is 0 Å². The van der Waals surface area contributed by atoms with Gasteiger partial charge in [0.05, 0.1) is 5.41 Å². The van der Waals surface area contributed by atoms with E-state index >= 15 is 0 Å². The van der Waals surface area contributed by atoms with Crippen molar-refractivity contribution in [3.8, 4) is 0 Å². The van der Waals surface area contributed by atoms with Crippen LogP contribution in [0.4, 0.5) is 4.39 Å². The van der Waals surface area contributed by atoms with E-state index in [2.05, 4.69) is 11.9 Å². The highest BCUT2D eigenvalue weighted by Gasteiger charge is 2.36. The zero-order chi connectivity index (χ0) is 15.9. The van der Waals surface area contributed by atoms with E-state index < -0.39 is 5.41 Å². The van der Waals surface area contributed by atoms with E-state index in [4.69, 9.17) is 0 Å². The lowest BCUT2D eigenvalue weighted by molar-refractivity contribution is -0.137. The van der Waals surface area contributed by atoms with Gasteiger partial charge in [0.15, 0.2) is 0 Å². The Kier molecular flexibility index (Phi) is 3.71. The van der Waals surface area contributed by atoms with Gasteiger partial charge in [0.1, 0.15) is 5.82 Å². The molecule has 0 radical (unpaired) electrons. The zero-order valence-corrected chi connectivity index (χ0v) is 13.4. The average molecular weight is 302 g/mol. The summed E-state index contributed by atoms with van der Waals surface area (Å²) in [4.78, 5) is 18.1. The summed E-state index contributed by atoms with van der Waals surface area (Å²) in [7, 11) is 0. The number of carbonyl (C=O) groups excluding carboxylic acids is 1. The van der Waals surface area contributed by atoms with Crippen molar-refractivity contribution < 1.29 is 9.18 Å². The standard InChI is InChI=1S/C18H23FN2O/c1-12-6-8-21(9-7-12)17(22)18(2,3)15-11-20-16-5-4-13(19)10-14(15)16/h4-5,10-12,20H,6-9H2,1-3H3. The van der Waals surface area contributed by atoms with Crippen LogP contribution in [0.5, 0.6) is 0 Å². The molecule has 1 aliphatic heterocycles. The maximum Gasteiger partial charge on any atom is 0.232 e. The monoisotopic (exact) mass is 302 g/mol. The summed E-state index contributed by atoms with van der Waals surface area (Å²) < 4.78 is 13.6. The van der Waals surface area contributed by atoms with Gasteiger partial charge in [0.25, 0.3) is 0 Å². The Labute approximate surface area is 130 Å². The molecule has 1 N–H and O–H groups in total. The van der Waals surface area contributed by atoms with Crippen molar-refractivity contribution in [3.63, 3.8) is 0 Å². The summed E-state index contributed by atoms with van der Waals surface area (Å²) >= 11 is 0. The lowest BCUT2D eigenvalue weighted by Gasteiger charge is -2.36. The number of rotatable bonds is 2. The molecule has 2 heterocycles. The lowest BCUT2D eigenvalue weighted by Crippen LogP contribution is -2.46. The maximum atomic E-state index is 13.6. The normalized spacial score (nSPS) is 17.2. The first-order valence-corrected chi connectivity index (χ1v) is 7.96. The molecule has 0 spiro atoms. The molecule has 1 saturated heterocycles. The van der Waals surface area contributed by atoms with Crippen LogP contribution in [-0.2, 0) is 10.2 Å². The Bertz CT molecular complexity index is 696. The molecule has 2 aromatic rings. The number of aromatic nitrogens is 1. The van der Waals surface area contributed by atoms with E-state index in [1.807, 2.05) is 24.9 Å². The molecule has 0 aliphatic carbocycles. The van der Waals surface area contributed by atoms with Crippen molar-refractivity contribution in [2.45, 2.75) is 39.0 Å². The molecule has 1 aliphatic rings. The van der Waals surface area contributed by atoms with Gasteiger partial charge in [0.2, 0.25) is 5.91 Å². The first-order valence-electron chi connectivity index (χ1n) is 7.96. The van der Waals surface area contributed by atoms with E-state index in [-0.39, 0.29) is 11.7 Å². The Morgan fingerprint density at radius 3 is 2.68 bits per heavy atom. The summed E-state index contributed by atoms with van der Waals surface area (Å²) in [5.41, 5.74) is 1.07. The largest absolute Gasteiger partial charge is 0.361 e. The van der Waals surface area contributed by atoms with Gasteiger partial charge in [-0.3, -0.25) is 4.79 Å². The molecule has 3 nitrogen and oxygen atoms in total. The fourth-order valence-electron chi connectivity index (χ4n) is 3.33. The SMILES string of the molecule is CC1CCN(C(=O)C(C)(C)c2c[nH]c3ccc(F)cc23)CC1. The molecule has 1 aromatic carbocycles. The van der Waals surface area contributed by atoms with Crippen LogP contribution in [0.15, 0.2) is 24.4 Å². The van der Waals surface area contributed by atoms with Crippen molar-refractivity contribution in [2.75, 3.05) is 13.1 Å². The molecular weight excluding hydrogens is 279 g/mol. The minimum absolute atomic E-state index is 0.129. The highest BCUT2D eigenvalue weighted by molar-refractivity contribution is 5.94. The second-order valence-corrected chi connectivity index (χ2v) is 6.99. The van der Waals surface area contributed by atoms with Gasteiger partial charge in [0, 0.05) is 30.2 Å². The topological polar surface area (TPSA) is 36.1 Å². The minimum atomic E-state index is -0.660. The van der Waals surface area contributed by atoms with Gasteiger partial charge in [-0.2, -0.15) is 0 Å². The molecule has 1 amide bonds. The Balaban J connectivity index is 1.93. The van der Waals surface area contributed by atoms with Crippen LogP contribution in [0.2, 0.25) is 0 Å². The maximum absolute atomic E-state index is 13.6. The van der Waals surface area contributed by atoms with Gasteiger partial charge < -0.3 is 9.88 Å². The van der Waals surface area contributed by atoms with Crippen LogP contribution in [0, 0.1) is 11.7 Å². The summed E-state index contributed by atoms with van der Waals surface area (Å²) in [6.07, 6.45) is 3.96. The molecule has 0 bridgehead atoms. The number of hydrogen-bond donors (Lipinski definition) is 1. The number of fused-ring (bicyclic) bond motifs is 1. The van der Waals surface area contributed by atoms with Crippen molar-refractivity contribution >= 4 is 16.8 Å². The molecular formula is C18H23FN2O. The number of piperidine rings is 1. The molecule has 1 fully saturated rings. The number of benzene rings is 1. The molecule has 118 valence electrons. The Hall–Kier alpha value is -1.84. The second kappa shape index (κ2) is 5.41. The van der Waals surface area contributed by atoms with Gasteiger partial charge in [-0.25, -0.2) is 4.39 Å². The Morgan fingerprint density at radius 1 is 1.32 bits per heavy atom. The van der Waals surface area contributed by atoms with E-state index in [0.29, 0.717) is 5.92 Å². The Morgan fingerprint density at radius 2 is 2.00 bits per heavy atom. The number of hydrogen-bond acceptors (Lipinski definition) is 1. The highest BCUT2D eigenvalue weighted by atomic mass is 19.1. The smallest absolute Gasteiger partial charge is 0.232 e. The molecule has 22 heavy (non-hydrogen) atoms. The quantitative estimate of drug-likeness (QED) is 0.899. The fraction of sp³-hybridized carbons (Fsp3) is 0.500. The predicted octanol–water partition coefficient (Wildman–Crippen LogP) is 3.84. The van der Waals surface area contributed by atoms with Crippen molar-refractivity contribution in [3.05, 3.63) is 35.8 Å².